The minimum Gasteiger partial charge on any atom is -0.394 e. The summed E-state index contributed by atoms with van der Waals surface area (Å²) in [5.74, 6) is 0. The summed E-state index contributed by atoms with van der Waals surface area (Å²) in [6.45, 7) is 1.23. The molecule has 0 saturated carbocycles. The lowest BCUT2D eigenvalue weighted by molar-refractivity contribution is -0.0556. The van der Waals surface area contributed by atoms with E-state index >= 15 is 0 Å². The van der Waals surface area contributed by atoms with Crippen LogP contribution in [0.2, 0.25) is 0 Å². The number of benzene rings is 1. The fourth-order valence-corrected chi connectivity index (χ4v) is 3.05. The van der Waals surface area contributed by atoms with Crippen LogP contribution in [-0.2, 0) is 4.74 Å². The van der Waals surface area contributed by atoms with Crippen LogP contribution in [0.4, 0.5) is 0 Å². The number of rotatable bonds is 4. The number of aromatic nitrogens is 2. The number of ether oxygens (including phenoxy) is 1. The first-order chi connectivity index (χ1) is 12.0. The summed E-state index contributed by atoms with van der Waals surface area (Å²) < 4.78 is 7.50. The number of hydrogen-bond acceptors (Lipinski definition) is 6. The van der Waals surface area contributed by atoms with Crippen LogP contribution in [0.25, 0.3) is 0 Å². The zero-order chi connectivity index (χ0) is 18.1. The number of hydrogen-bond donors (Lipinski definition) is 3. The normalized spacial score (nSPS) is 27.4. The van der Waals surface area contributed by atoms with E-state index in [1.165, 1.54) is 12.3 Å². The van der Waals surface area contributed by atoms with Gasteiger partial charge in [-0.25, -0.2) is 4.79 Å². The molecule has 8 nitrogen and oxygen atoms in total. The molecule has 3 rings (SSSR count). The monoisotopic (exact) mass is 348 g/mol. The van der Waals surface area contributed by atoms with Gasteiger partial charge < -0.3 is 20.1 Å². The van der Waals surface area contributed by atoms with Crippen molar-refractivity contribution in [2.45, 2.75) is 37.5 Å². The van der Waals surface area contributed by atoms with Crippen LogP contribution in [0.3, 0.4) is 0 Å². The quantitative estimate of drug-likeness (QED) is 0.669. The van der Waals surface area contributed by atoms with Crippen LogP contribution in [-0.4, -0.2) is 49.4 Å². The molecule has 0 aliphatic carbocycles. The topological polar surface area (TPSA) is 114 Å². The highest BCUT2D eigenvalue weighted by atomic mass is 16.6. The maximum absolute atomic E-state index is 12.8. The summed E-state index contributed by atoms with van der Waals surface area (Å²) >= 11 is 0. The van der Waals surface area contributed by atoms with Crippen molar-refractivity contribution < 1.29 is 20.1 Å². The van der Waals surface area contributed by atoms with Gasteiger partial charge in [-0.05, 0) is 12.5 Å². The van der Waals surface area contributed by atoms with E-state index in [9.17, 15) is 24.9 Å². The van der Waals surface area contributed by atoms with Crippen molar-refractivity contribution in [1.29, 1.82) is 0 Å². The molecule has 0 radical (unpaired) electrons. The summed E-state index contributed by atoms with van der Waals surface area (Å²) in [5.41, 5.74) is -0.372. The second kappa shape index (κ2) is 6.93. The first-order valence-corrected chi connectivity index (χ1v) is 7.96. The summed E-state index contributed by atoms with van der Waals surface area (Å²) in [5, 5.41) is 29.2. The summed E-state index contributed by atoms with van der Waals surface area (Å²) in [6, 6.07) is 9.75. The molecule has 134 valence electrons. The minimum atomic E-state index is -1.40. The van der Waals surface area contributed by atoms with Gasteiger partial charge in [0.15, 0.2) is 6.23 Å². The molecular weight excluding hydrogens is 328 g/mol. The van der Waals surface area contributed by atoms with Crippen LogP contribution in [0.5, 0.6) is 0 Å². The third-order valence-corrected chi connectivity index (χ3v) is 4.50. The van der Waals surface area contributed by atoms with Gasteiger partial charge in [0.2, 0.25) is 0 Å². The molecule has 3 N–H and O–H groups in total. The maximum atomic E-state index is 12.8. The Balaban J connectivity index is 2.05. The molecular formula is C17H20N2O6. The minimum absolute atomic E-state index is 0.482. The third-order valence-electron chi connectivity index (χ3n) is 4.50. The number of aliphatic hydroxyl groups is 3. The third kappa shape index (κ3) is 3.05. The predicted molar refractivity (Wildman–Crippen MR) is 88.2 cm³/mol. The predicted octanol–water partition coefficient (Wildman–Crippen LogP) is -0.769. The van der Waals surface area contributed by atoms with Crippen LogP contribution in [0.15, 0.2) is 52.2 Å². The Labute approximate surface area is 143 Å². The van der Waals surface area contributed by atoms with E-state index in [1.807, 2.05) is 18.2 Å². The van der Waals surface area contributed by atoms with Crippen molar-refractivity contribution in [2.24, 2.45) is 0 Å². The molecule has 1 aromatic carbocycles. The fraction of sp³-hybridized carbons (Fsp3) is 0.412. The van der Waals surface area contributed by atoms with Crippen LogP contribution in [0.1, 0.15) is 24.8 Å². The van der Waals surface area contributed by atoms with E-state index in [0.29, 0.717) is 0 Å². The maximum Gasteiger partial charge on any atom is 0.333 e. The molecule has 1 aliphatic rings. The van der Waals surface area contributed by atoms with E-state index in [2.05, 4.69) is 0 Å². The molecule has 1 aliphatic heterocycles. The number of nitrogens with zero attached hydrogens (tertiary/aromatic N) is 2. The Morgan fingerprint density at radius 3 is 2.40 bits per heavy atom. The lowest BCUT2D eigenvalue weighted by Crippen LogP contribution is -2.44. The average Bonchev–Trinajstić information content (AvgIpc) is 2.90. The van der Waals surface area contributed by atoms with Gasteiger partial charge >= 0.3 is 5.69 Å². The van der Waals surface area contributed by atoms with E-state index in [4.69, 9.17) is 4.74 Å². The van der Waals surface area contributed by atoms with Gasteiger partial charge in [0, 0.05) is 12.3 Å². The Bertz CT molecular complexity index is 846. The van der Waals surface area contributed by atoms with Gasteiger partial charge in [-0.1, -0.05) is 30.3 Å². The Kier molecular flexibility index (Phi) is 4.87. The molecule has 0 spiro atoms. The molecule has 1 aromatic heterocycles. The van der Waals surface area contributed by atoms with E-state index < -0.39 is 48.4 Å². The van der Waals surface area contributed by atoms with Crippen molar-refractivity contribution in [3.63, 3.8) is 0 Å². The highest BCUT2D eigenvalue weighted by Crippen LogP contribution is 2.28. The highest BCUT2D eigenvalue weighted by molar-refractivity contribution is 5.19. The number of aliphatic hydroxyl groups excluding tert-OH is 3. The molecule has 2 heterocycles. The zero-order valence-electron chi connectivity index (χ0n) is 13.6. The summed E-state index contributed by atoms with van der Waals surface area (Å²) in [6.07, 6.45) is -3.69. The summed E-state index contributed by atoms with van der Waals surface area (Å²) in [7, 11) is 0. The first kappa shape index (κ1) is 17.6. The van der Waals surface area contributed by atoms with Crippen molar-refractivity contribution in [3.8, 4) is 0 Å². The van der Waals surface area contributed by atoms with E-state index in [1.54, 1.807) is 19.1 Å². The highest BCUT2D eigenvalue weighted by Gasteiger charge is 2.44. The van der Waals surface area contributed by atoms with Gasteiger partial charge in [-0.3, -0.25) is 13.9 Å². The average molecular weight is 348 g/mol. The molecule has 5 atom stereocenters. The molecule has 0 amide bonds. The smallest absolute Gasteiger partial charge is 0.333 e. The Hall–Kier alpha value is -2.26. The molecule has 8 heteroatoms. The van der Waals surface area contributed by atoms with Crippen molar-refractivity contribution in [3.05, 3.63) is 69.0 Å². The summed E-state index contributed by atoms with van der Waals surface area (Å²) in [4.78, 5) is 25.1. The molecule has 1 fully saturated rings. The first-order valence-electron chi connectivity index (χ1n) is 7.96. The Morgan fingerprint density at radius 2 is 1.80 bits per heavy atom. The van der Waals surface area contributed by atoms with Crippen LogP contribution >= 0.6 is 0 Å². The molecule has 2 aromatic rings. The van der Waals surface area contributed by atoms with Gasteiger partial charge in [-0.2, -0.15) is 0 Å². The molecule has 25 heavy (non-hydrogen) atoms. The zero-order valence-corrected chi connectivity index (χ0v) is 13.6. The van der Waals surface area contributed by atoms with Crippen molar-refractivity contribution in [1.82, 2.24) is 9.13 Å². The van der Waals surface area contributed by atoms with Gasteiger partial charge in [0.05, 0.1) is 12.6 Å². The fourth-order valence-electron chi connectivity index (χ4n) is 3.05. The molecule has 1 saturated heterocycles. The van der Waals surface area contributed by atoms with Crippen molar-refractivity contribution >= 4 is 0 Å². The molecule has 0 bridgehead atoms. The second-order valence-corrected chi connectivity index (χ2v) is 6.03. The van der Waals surface area contributed by atoms with Gasteiger partial charge in [0.1, 0.15) is 18.3 Å². The van der Waals surface area contributed by atoms with Crippen LogP contribution in [0, 0.1) is 0 Å². The molecule has 1 unspecified atom stereocenters. The van der Waals surface area contributed by atoms with Crippen molar-refractivity contribution in [2.75, 3.05) is 6.61 Å². The van der Waals surface area contributed by atoms with E-state index in [-0.39, 0.29) is 0 Å². The SMILES string of the molecule is CC(c1ccccc1)n1c(=O)ccn([C@@H]2O[C@H](CO)[C@@H](O)[C@H]2O)c1=O. The van der Waals surface area contributed by atoms with E-state index in [0.717, 1.165) is 14.7 Å². The lowest BCUT2D eigenvalue weighted by Gasteiger charge is -2.21. The standard InChI is InChI=1S/C17H20N2O6/c1-10(11-5-3-2-4-6-11)19-13(21)7-8-18(17(19)24)16-15(23)14(22)12(9-20)25-16/h2-8,10,12,14-16,20,22-23H,9H2,1H3/t10?,12-,14-,15-,16-/m1/s1. The van der Waals surface area contributed by atoms with Crippen LogP contribution < -0.4 is 11.2 Å². The van der Waals surface area contributed by atoms with Gasteiger partial charge in [-0.15, -0.1) is 0 Å². The lowest BCUT2D eigenvalue weighted by atomic mass is 10.1. The Morgan fingerprint density at radius 1 is 1.12 bits per heavy atom. The second-order valence-electron chi connectivity index (χ2n) is 6.03. The van der Waals surface area contributed by atoms with Gasteiger partial charge in [0.25, 0.3) is 5.56 Å². The largest absolute Gasteiger partial charge is 0.394 e.